The maximum absolute atomic E-state index is 11.9. The van der Waals surface area contributed by atoms with Crippen molar-refractivity contribution in [2.45, 2.75) is 6.92 Å². The van der Waals surface area contributed by atoms with Gasteiger partial charge < -0.3 is 0 Å². The fourth-order valence-corrected chi connectivity index (χ4v) is 1.65. The summed E-state index contributed by atoms with van der Waals surface area (Å²) < 4.78 is 0. The van der Waals surface area contributed by atoms with Crippen molar-refractivity contribution in [3.05, 3.63) is 69.8 Å². The van der Waals surface area contributed by atoms with Crippen LogP contribution >= 0.6 is 0 Å². The van der Waals surface area contributed by atoms with Crippen LogP contribution in [-0.4, -0.2) is 16.9 Å². The monoisotopic (exact) mass is 268 g/mol. The van der Waals surface area contributed by atoms with E-state index in [9.17, 15) is 14.9 Å². The van der Waals surface area contributed by atoms with Crippen molar-refractivity contribution in [3.8, 4) is 0 Å². The molecular weight excluding hydrogens is 256 g/mol. The molecule has 100 valence electrons. The summed E-state index contributed by atoms with van der Waals surface area (Å²) >= 11 is 0. The van der Waals surface area contributed by atoms with E-state index in [-0.39, 0.29) is 17.2 Å². The Balaban J connectivity index is 2.23. The summed E-state index contributed by atoms with van der Waals surface area (Å²) in [6.45, 7) is 1.93. The minimum atomic E-state index is -0.525. The third-order valence-corrected chi connectivity index (χ3v) is 2.74. The van der Waals surface area contributed by atoms with E-state index in [1.807, 2.05) is 19.1 Å². The topological polar surface area (TPSA) is 72.6 Å². The lowest BCUT2D eigenvalue weighted by Crippen LogP contribution is -2.00. The number of hydrogen-bond acceptors (Lipinski definition) is 4. The normalized spacial score (nSPS) is 10.7. The summed E-state index contributed by atoms with van der Waals surface area (Å²) in [7, 11) is 0. The Hall–Kier alpha value is -2.82. The number of aryl methyl sites for hydroxylation is 1. The molecule has 20 heavy (non-hydrogen) atoms. The number of benzene rings is 2. The van der Waals surface area contributed by atoms with E-state index >= 15 is 0 Å². The third kappa shape index (κ3) is 3.14. The molecule has 0 N–H and O–H groups in total. The molecule has 0 aliphatic heterocycles. The van der Waals surface area contributed by atoms with Crippen molar-refractivity contribution in [2.24, 2.45) is 4.99 Å². The lowest BCUT2D eigenvalue weighted by atomic mass is 10.1. The molecule has 5 heteroatoms. The second-order valence-corrected chi connectivity index (χ2v) is 4.23. The summed E-state index contributed by atoms with van der Waals surface area (Å²) in [5, 5.41) is 10.8. The van der Waals surface area contributed by atoms with Crippen molar-refractivity contribution >= 4 is 23.4 Å². The number of hydrogen-bond donors (Lipinski definition) is 0. The van der Waals surface area contributed by atoms with Gasteiger partial charge in [0.1, 0.15) is 5.69 Å². The molecule has 5 nitrogen and oxygen atoms in total. The van der Waals surface area contributed by atoms with Gasteiger partial charge in [-0.05, 0) is 13.0 Å². The van der Waals surface area contributed by atoms with Gasteiger partial charge in [-0.2, -0.15) is 0 Å². The van der Waals surface area contributed by atoms with Crippen LogP contribution in [0.15, 0.2) is 53.5 Å². The van der Waals surface area contributed by atoms with Gasteiger partial charge in [-0.1, -0.05) is 42.0 Å². The molecule has 0 atom stereocenters. The van der Waals surface area contributed by atoms with Crippen molar-refractivity contribution < 1.29 is 9.72 Å². The van der Waals surface area contributed by atoms with Gasteiger partial charge in [-0.15, -0.1) is 0 Å². The predicted molar refractivity (Wildman–Crippen MR) is 76.8 cm³/mol. The van der Waals surface area contributed by atoms with Crippen molar-refractivity contribution in [2.75, 3.05) is 0 Å². The van der Waals surface area contributed by atoms with Crippen molar-refractivity contribution in [1.29, 1.82) is 0 Å². The van der Waals surface area contributed by atoms with E-state index in [2.05, 4.69) is 4.99 Å². The largest absolute Gasteiger partial charge is 0.294 e. The van der Waals surface area contributed by atoms with Gasteiger partial charge in [-0.3, -0.25) is 14.9 Å². The summed E-state index contributed by atoms with van der Waals surface area (Å²) in [4.78, 5) is 26.1. The van der Waals surface area contributed by atoms with E-state index in [1.54, 1.807) is 24.3 Å². The SMILES string of the molecule is Cc1ccc(C(=O)C=Nc2ccccc2[N+](=O)[O-])cc1. The molecular formula is C15H12N2O3. The van der Waals surface area contributed by atoms with E-state index in [0.717, 1.165) is 11.8 Å². The zero-order valence-electron chi connectivity index (χ0n) is 10.8. The van der Waals surface area contributed by atoms with E-state index in [4.69, 9.17) is 0 Å². The highest BCUT2D eigenvalue weighted by Crippen LogP contribution is 2.25. The molecule has 2 rings (SSSR count). The molecule has 0 unspecified atom stereocenters. The lowest BCUT2D eigenvalue weighted by molar-refractivity contribution is -0.384. The average molecular weight is 268 g/mol. The summed E-state index contributed by atoms with van der Waals surface area (Å²) in [5.74, 6) is -0.289. The van der Waals surface area contributed by atoms with Crippen LogP contribution in [0.4, 0.5) is 11.4 Å². The number of carbonyl (C=O) groups is 1. The van der Waals surface area contributed by atoms with E-state index in [0.29, 0.717) is 5.56 Å². The van der Waals surface area contributed by atoms with Gasteiger partial charge in [0.25, 0.3) is 5.69 Å². The second kappa shape index (κ2) is 5.88. The van der Waals surface area contributed by atoms with Crippen LogP contribution in [0.1, 0.15) is 15.9 Å². The number of nitro groups is 1. The van der Waals surface area contributed by atoms with Gasteiger partial charge in [0.15, 0.2) is 0 Å². The Morgan fingerprint density at radius 3 is 2.45 bits per heavy atom. The smallest absolute Gasteiger partial charge is 0.288 e. The quantitative estimate of drug-likeness (QED) is 0.369. The molecule has 0 heterocycles. The van der Waals surface area contributed by atoms with Crippen LogP contribution in [0, 0.1) is 17.0 Å². The Morgan fingerprint density at radius 1 is 1.15 bits per heavy atom. The van der Waals surface area contributed by atoms with Crippen LogP contribution in [0.3, 0.4) is 0 Å². The number of aliphatic imine (C=N–C) groups is 1. The summed E-state index contributed by atoms with van der Waals surface area (Å²) in [5.41, 5.74) is 1.59. The minimum absolute atomic E-state index is 0.125. The first-order valence-corrected chi connectivity index (χ1v) is 5.96. The number of rotatable bonds is 4. The zero-order valence-corrected chi connectivity index (χ0v) is 10.8. The van der Waals surface area contributed by atoms with Crippen LogP contribution in [0.5, 0.6) is 0 Å². The molecule has 0 fully saturated rings. The Morgan fingerprint density at radius 2 is 1.80 bits per heavy atom. The fourth-order valence-electron chi connectivity index (χ4n) is 1.65. The fraction of sp³-hybridized carbons (Fsp3) is 0.0667. The average Bonchev–Trinajstić information content (AvgIpc) is 2.45. The van der Waals surface area contributed by atoms with Crippen LogP contribution < -0.4 is 0 Å². The molecule has 0 aliphatic carbocycles. The molecule has 0 radical (unpaired) electrons. The molecule has 0 spiro atoms. The summed E-state index contributed by atoms with van der Waals surface area (Å²) in [6.07, 6.45) is 1.10. The number of Topliss-reactive ketones (excluding diaryl/α,β-unsaturated/α-hetero) is 1. The van der Waals surface area contributed by atoms with Gasteiger partial charge in [0.05, 0.1) is 11.1 Å². The molecule has 0 aromatic heterocycles. The van der Waals surface area contributed by atoms with Crippen molar-refractivity contribution in [1.82, 2.24) is 0 Å². The highest BCUT2D eigenvalue weighted by atomic mass is 16.6. The van der Waals surface area contributed by atoms with Crippen LogP contribution in [-0.2, 0) is 0 Å². The standard InChI is InChI=1S/C15H12N2O3/c1-11-6-8-12(9-7-11)15(18)10-16-13-4-2-3-5-14(13)17(19)20/h2-10H,1H3. The van der Waals surface area contributed by atoms with E-state index in [1.165, 1.54) is 12.1 Å². The van der Waals surface area contributed by atoms with Gasteiger partial charge >= 0.3 is 0 Å². The lowest BCUT2D eigenvalue weighted by Gasteiger charge is -1.97. The third-order valence-electron chi connectivity index (χ3n) is 2.74. The number of nitrogens with zero attached hydrogens (tertiary/aromatic N) is 2. The zero-order chi connectivity index (χ0) is 14.5. The molecule has 0 saturated heterocycles. The second-order valence-electron chi connectivity index (χ2n) is 4.23. The number of para-hydroxylation sites is 2. The van der Waals surface area contributed by atoms with Crippen LogP contribution in [0.2, 0.25) is 0 Å². The first-order chi connectivity index (χ1) is 9.58. The molecule has 2 aromatic rings. The predicted octanol–water partition coefficient (Wildman–Crippen LogP) is 3.49. The maximum atomic E-state index is 11.9. The van der Waals surface area contributed by atoms with Crippen molar-refractivity contribution in [3.63, 3.8) is 0 Å². The molecule has 0 bridgehead atoms. The number of nitro benzene ring substituents is 1. The first kappa shape index (κ1) is 13.6. The van der Waals surface area contributed by atoms with Gasteiger partial charge in [-0.25, -0.2) is 4.99 Å². The molecule has 0 aliphatic rings. The number of ketones is 1. The summed E-state index contributed by atoms with van der Waals surface area (Å²) in [6, 6.07) is 13.1. The van der Waals surface area contributed by atoms with Crippen LogP contribution in [0.25, 0.3) is 0 Å². The highest BCUT2D eigenvalue weighted by molar-refractivity contribution is 6.35. The Kier molecular flexibility index (Phi) is 4.00. The Bertz CT molecular complexity index is 676. The molecule has 2 aromatic carbocycles. The van der Waals surface area contributed by atoms with Gasteiger partial charge in [0.2, 0.25) is 5.78 Å². The first-order valence-electron chi connectivity index (χ1n) is 5.96. The Labute approximate surface area is 115 Å². The van der Waals surface area contributed by atoms with Gasteiger partial charge in [0, 0.05) is 11.6 Å². The molecule has 0 amide bonds. The number of carbonyl (C=O) groups excluding carboxylic acids is 1. The highest BCUT2D eigenvalue weighted by Gasteiger charge is 2.11. The molecule has 0 saturated carbocycles. The maximum Gasteiger partial charge on any atom is 0.294 e. The minimum Gasteiger partial charge on any atom is -0.288 e. The van der Waals surface area contributed by atoms with E-state index < -0.39 is 4.92 Å².